The first kappa shape index (κ1) is 19.9. The molecule has 148 valence electrons. The van der Waals surface area contributed by atoms with Gasteiger partial charge in [0.25, 0.3) is 0 Å². The van der Waals surface area contributed by atoms with E-state index in [9.17, 15) is 9.59 Å². The Hall–Kier alpha value is -2.86. The van der Waals surface area contributed by atoms with Crippen LogP contribution in [0.4, 0.5) is 10.5 Å². The van der Waals surface area contributed by atoms with Gasteiger partial charge in [-0.05, 0) is 68.1 Å². The van der Waals surface area contributed by atoms with Crippen molar-refractivity contribution in [1.82, 2.24) is 10.2 Å². The summed E-state index contributed by atoms with van der Waals surface area (Å²) in [5.74, 6) is 1.22. The van der Waals surface area contributed by atoms with E-state index in [4.69, 9.17) is 4.74 Å². The average Bonchev–Trinajstić information content (AvgIpc) is 2.70. The molecule has 3 rings (SSSR count). The average molecular weight is 381 g/mol. The lowest BCUT2D eigenvalue weighted by molar-refractivity contribution is -0.121. The minimum absolute atomic E-state index is 0.247. The summed E-state index contributed by atoms with van der Waals surface area (Å²) >= 11 is 0. The van der Waals surface area contributed by atoms with Crippen LogP contribution in [-0.4, -0.2) is 43.6 Å². The molecule has 1 saturated heterocycles. The number of carbonyl (C=O) groups is 2. The molecule has 2 aromatic rings. The third-order valence-corrected chi connectivity index (χ3v) is 5.04. The third kappa shape index (κ3) is 6.09. The molecule has 0 spiro atoms. The standard InChI is InChI=1S/C22H27N3O3/c1-28-20-9-7-17(8-10-20)15-18-11-13-25(14-12-18)16-21(26)24-22(27)23-19-5-3-2-4-6-19/h2-10,18H,11-16H2,1H3,(H2,23,24,26,27). The van der Waals surface area contributed by atoms with Gasteiger partial charge in [0.05, 0.1) is 13.7 Å². The smallest absolute Gasteiger partial charge is 0.325 e. The lowest BCUT2D eigenvalue weighted by Gasteiger charge is -2.31. The summed E-state index contributed by atoms with van der Waals surface area (Å²) in [4.78, 5) is 26.1. The van der Waals surface area contributed by atoms with Crippen molar-refractivity contribution in [3.8, 4) is 5.75 Å². The molecule has 6 heteroatoms. The molecule has 0 aromatic heterocycles. The van der Waals surface area contributed by atoms with E-state index in [0.717, 1.165) is 38.1 Å². The van der Waals surface area contributed by atoms with Crippen molar-refractivity contribution in [1.29, 1.82) is 0 Å². The van der Waals surface area contributed by atoms with Crippen LogP contribution in [0.15, 0.2) is 54.6 Å². The number of nitrogens with zero attached hydrogens (tertiary/aromatic N) is 1. The monoisotopic (exact) mass is 381 g/mol. The zero-order chi connectivity index (χ0) is 19.8. The molecule has 1 aliphatic rings. The number of ether oxygens (including phenoxy) is 1. The van der Waals surface area contributed by atoms with E-state index < -0.39 is 6.03 Å². The van der Waals surface area contributed by atoms with Gasteiger partial charge in [0.1, 0.15) is 5.75 Å². The molecule has 2 aromatic carbocycles. The first-order valence-electron chi connectivity index (χ1n) is 9.63. The number of rotatable bonds is 6. The van der Waals surface area contributed by atoms with Crippen LogP contribution in [0, 0.1) is 5.92 Å². The van der Waals surface area contributed by atoms with Crippen LogP contribution in [0.5, 0.6) is 5.75 Å². The maximum Gasteiger partial charge on any atom is 0.325 e. The number of hydrogen-bond donors (Lipinski definition) is 2. The van der Waals surface area contributed by atoms with Crippen molar-refractivity contribution < 1.29 is 14.3 Å². The van der Waals surface area contributed by atoms with Gasteiger partial charge in [0.15, 0.2) is 0 Å². The van der Waals surface area contributed by atoms with Crippen molar-refractivity contribution in [3.05, 3.63) is 60.2 Å². The number of anilines is 1. The normalized spacial score (nSPS) is 15.0. The minimum atomic E-state index is -0.495. The summed E-state index contributed by atoms with van der Waals surface area (Å²) in [6.07, 6.45) is 3.15. The number of likely N-dealkylation sites (tertiary alicyclic amines) is 1. The molecule has 0 bridgehead atoms. The predicted octanol–water partition coefficient (Wildman–Crippen LogP) is 3.30. The van der Waals surface area contributed by atoms with Crippen LogP contribution >= 0.6 is 0 Å². The molecule has 0 atom stereocenters. The fourth-order valence-electron chi connectivity index (χ4n) is 3.50. The van der Waals surface area contributed by atoms with Gasteiger partial charge in [-0.25, -0.2) is 4.79 Å². The Morgan fingerprint density at radius 3 is 2.36 bits per heavy atom. The zero-order valence-corrected chi connectivity index (χ0v) is 16.2. The van der Waals surface area contributed by atoms with Crippen LogP contribution in [0.3, 0.4) is 0 Å². The summed E-state index contributed by atoms with van der Waals surface area (Å²) in [6, 6.07) is 16.8. The number of carbonyl (C=O) groups excluding carboxylic acids is 2. The number of imide groups is 1. The molecule has 0 aliphatic carbocycles. The molecule has 0 radical (unpaired) electrons. The SMILES string of the molecule is COc1ccc(CC2CCN(CC(=O)NC(=O)Nc3ccccc3)CC2)cc1. The summed E-state index contributed by atoms with van der Waals surface area (Å²) in [5.41, 5.74) is 1.97. The number of para-hydroxylation sites is 1. The van der Waals surface area contributed by atoms with E-state index in [2.05, 4.69) is 27.7 Å². The highest BCUT2D eigenvalue weighted by atomic mass is 16.5. The zero-order valence-electron chi connectivity index (χ0n) is 16.2. The number of amides is 3. The van der Waals surface area contributed by atoms with E-state index in [1.54, 1.807) is 19.2 Å². The minimum Gasteiger partial charge on any atom is -0.497 e. The summed E-state index contributed by atoms with van der Waals surface area (Å²) in [5, 5.41) is 5.05. The number of methoxy groups -OCH3 is 1. The van der Waals surface area contributed by atoms with E-state index in [1.807, 2.05) is 30.3 Å². The van der Waals surface area contributed by atoms with Gasteiger partial charge < -0.3 is 10.1 Å². The molecule has 6 nitrogen and oxygen atoms in total. The lowest BCUT2D eigenvalue weighted by atomic mass is 9.90. The highest BCUT2D eigenvalue weighted by Crippen LogP contribution is 2.22. The topological polar surface area (TPSA) is 70.7 Å². The lowest BCUT2D eigenvalue weighted by Crippen LogP contribution is -2.44. The van der Waals surface area contributed by atoms with Crippen molar-refractivity contribution in [2.75, 3.05) is 32.1 Å². The van der Waals surface area contributed by atoms with Gasteiger partial charge in [-0.1, -0.05) is 30.3 Å². The highest BCUT2D eigenvalue weighted by Gasteiger charge is 2.21. The molecular weight excluding hydrogens is 354 g/mol. The van der Waals surface area contributed by atoms with Gasteiger partial charge in [-0.2, -0.15) is 0 Å². The van der Waals surface area contributed by atoms with E-state index in [0.29, 0.717) is 11.6 Å². The first-order chi connectivity index (χ1) is 13.6. The summed E-state index contributed by atoms with van der Waals surface area (Å²) in [7, 11) is 1.67. The Morgan fingerprint density at radius 2 is 1.71 bits per heavy atom. The second-order valence-electron chi connectivity index (χ2n) is 7.14. The molecule has 0 unspecified atom stereocenters. The Balaban J connectivity index is 1.37. The molecule has 0 saturated carbocycles. The van der Waals surface area contributed by atoms with E-state index >= 15 is 0 Å². The Bertz CT molecular complexity index is 769. The molecule has 3 amide bonds. The molecule has 1 fully saturated rings. The highest BCUT2D eigenvalue weighted by molar-refractivity contribution is 6.01. The van der Waals surface area contributed by atoms with Crippen molar-refractivity contribution in [2.24, 2.45) is 5.92 Å². The van der Waals surface area contributed by atoms with Crippen LogP contribution in [-0.2, 0) is 11.2 Å². The number of nitrogens with one attached hydrogen (secondary N) is 2. The van der Waals surface area contributed by atoms with Crippen LogP contribution in [0.25, 0.3) is 0 Å². The molecule has 2 N–H and O–H groups in total. The fourth-order valence-corrected chi connectivity index (χ4v) is 3.50. The predicted molar refractivity (Wildman–Crippen MR) is 109 cm³/mol. The largest absolute Gasteiger partial charge is 0.497 e. The Kier molecular flexibility index (Phi) is 7.03. The number of urea groups is 1. The molecule has 1 heterocycles. The fraction of sp³-hybridized carbons (Fsp3) is 0.364. The molecule has 1 aliphatic heterocycles. The molecule has 28 heavy (non-hydrogen) atoms. The Labute approximate surface area is 165 Å². The van der Waals surface area contributed by atoms with Crippen molar-refractivity contribution >= 4 is 17.6 Å². The van der Waals surface area contributed by atoms with Crippen molar-refractivity contribution in [2.45, 2.75) is 19.3 Å². The third-order valence-electron chi connectivity index (χ3n) is 5.04. The van der Waals surface area contributed by atoms with E-state index in [1.165, 1.54) is 5.56 Å². The number of hydrogen-bond acceptors (Lipinski definition) is 4. The van der Waals surface area contributed by atoms with Gasteiger partial charge >= 0.3 is 6.03 Å². The second kappa shape index (κ2) is 9.90. The van der Waals surface area contributed by atoms with Gasteiger partial charge in [-0.15, -0.1) is 0 Å². The van der Waals surface area contributed by atoms with Crippen molar-refractivity contribution in [3.63, 3.8) is 0 Å². The van der Waals surface area contributed by atoms with Crippen LogP contribution in [0.2, 0.25) is 0 Å². The summed E-state index contributed by atoms with van der Waals surface area (Å²) < 4.78 is 5.20. The molecular formula is C22H27N3O3. The quantitative estimate of drug-likeness (QED) is 0.805. The Morgan fingerprint density at radius 1 is 1.04 bits per heavy atom. The maximum absolute atomic E-state index is 12.1. The number of piperidine rings is 1. The van der Waals surface area contributed by atoms with Gasteiger partial charge in [0, 0.05) is 5.69 Å². The van der Waals surface area contributed by atoms with E-state index in [-0.39, 0.29) is 12.5 Å². The summed E-state index contributed by atoms with van der Waals surface area (Å²) in [6.45, 7) is 1.99. The van der Waals surface area contributed by atoms with Crippen LogP contribution < -0.4 is 15.4 Å². The first-order valence-corrected chi connectivity index (χ1v) is 9.63. The maximum atomic E-state index is 12.1. The number of benzene rings is 2. The van der Waals surface area contributed by atoms with Crippen LogP contribution in [0.1, 0.15) is 18.4 Å². The van der Waals surface area contributed by atoms with Gasteiger partial charge in [-0.3, -0.25) is 15.0 Å². The second-order valence-corrected chi connectivity index (χ2v) is 7.14. The van der Waals surface area contributed by atoms with Gasteiger partial charge in [0.2, 0.25) is 5.91 Å².